The molecule has 0 bridgehead atoms. The number of thiazole rings is 1. The van der Waals surface area contributed by atoms with Crippen LogP contribution in [0.15, 0.2) is 47.4 Å². The minimum Gasteiger partial charge on any atom is -0.354 e. The van der Waals surface area contributed by atoms with E-state index >= 15 is 0 Å². The Morgan fingerprint density at radius 3 is 2.68 bits per heavy atom. The van der Waals surface area contributed by atoms with E-state index < -0.39 is 0 Å². The van der Waals surface area contributed by atoms with Crippen molar-refractivity contribution in [2.75, 3.05) is 49.9 Å². The Hall–Kier alpha value is -1.80. The lowest BCUT2D eigenvalue weighted by Gasteiger charge is -2.34. The third-order valence-electron chi connectivity index (χ3n) is 5.45. The first kappa shape index (κ1) is 22.4. The molecule has 5 nitrogen and oxygen atoms in total. The molecule has 2 heterocycles. The molecule has 1 amide bonds. The maximum atomic E-state index is 12.1. The molecule has 1 saturated heterocycles. The second-order valence-electron chi connectivity index (χ2n) is 7.54. The molecule has 164 valence electrons. The maximum Gasteiger partial charge on any atom is 0.230 e. The predicted octanol–water partition coefficient (Wildman–Crippen LogP) is 4.54. The Kier molecular flexibility index (Phi) is 7.72. The van der Waals surface area contributed by atoms with Gasteiger partial charge in [-0.1, -0.05) is 42.0 Å². The average molecular weight is 475 g/mol. The van der Waals surface area contributed by atoms with Crippen molar-refractivity contribution >= 4 is 56.0 Å². The van der Waals surface area contributed by atoms with E-state index in [-0.39, 0.29) is 5.91 Å². The summed E-state index contributed by atoms with van der Waals surface area (Å²) in [7, 11) is 0. The Morgan fingerprint density at radius 1 is 1.16 bits per heavy atom. The van der Waals surface area contributed by atoms with E-state index in [1.807, 2.05) is 24.3 Å². The molecular weight excluding hydrogens is 448 g/mol. The Labute approximate surface area is 196 Å². The molecular formula is C23H27ClN4OS2. The normalized spacial score (nSPS) is 14.8. The highest BCUT2D eigenvalue weighted by atomic mass is 35.5. The van der Waals surface area contributed by atoms with Crippen molar-refractivity contribution in [2.24, 2.45) is 0 Å². The number of rotatable bonds is 8. The molecule has 0 saturated carbocycles. The van der Waals surface area contributed by atoms with Crippen LogP contribution in [-0.4, -0.2) is 60.8 Å². The fourth-order valence-corrected chi connectivity index (χ4v) is 5.58. The molecule has 0 aliphatic carbocycles. The number of aromatic nitrogens is 1. The lowest BCUT2D eigenvalue weighted by atomic mass is 10.1. The van der Waals surface area contributed by atoms with Crippen molar-refractivity contribution in [3.8, 4) is 0 Å². The number of nitrogens with zero attached hydrogens (tertiary/aromatic N) is 3. The van der Waals surface area contributed by atoms with Crippen LogP contribution >= 0.6 is 34.7 Å². The summed E-state index contributed by atoms with van der Waals surface area (Å²) in [5.74, 6) is 0.493. The number of hydrogen-bond acceptors (Lipinski definition) is 6. The average Bonchev–Trinajstić information content (AvgIpc) is 3.24. The number of fused-ring (bicyclic) bond motifs is 1. The molecule has 2 aromatic carbocycles. The van der Waals surface area contributed by atoms with Gasteiger partial charge in [-0.25, -0.2) is 4.98 Å². The van der Waals surface area contributed by atoms with Gasteiger partial charge in [0.15, 0.2) is 5.13 Å². The molecule has 1 fully saturated rings. The Morgan fingerprint density at radius 2 is 1.94 bits per heavy atom. The van der Waals surface area contributed by atoms with Crippen LogP contribution in [0.25, 0.3) is 10.2 Å². The SMILES string of the molecule is CCc1cccc2sc(N3CCN(CCNC(=O)CSc4ccc(Cl)cc4)CC3)nc12. The van der Waals surface area contributed by atoms with E-state index in [2.05, 4.69) is 40.2 Å². The van der Waals surface area contributed by atoms with Crippen molar-refractivity contribution in [3.05, 3.63) is 53.1 Å². The summed E-state index contributed by atoms with van der Waals surface area (Å²) in [6, 6.07) is 14.0. The van der Waals surface area contributed by atoms with Crippen LogP contribution in [0.4, 0.5) is 5.13 Å². The molecule has 1 aromatic heterocycles. The Balaban J connectivity index is 1.18. The number of carbonyl (C=O) groups is 1. The van der Waals surface area contributed by atoms with Crippen molar-refractivity contribution in [3.63, 3.8) is 0 Å². The number of hydrogen-bond donors (Lipinski definition) is 1. The van der Waals surface area contributed by atoms with Gasteiger partial charge in [-0.3, -0.25) is 9.69 Å². The number of benzene rings is 2. The Bertz CT molecular complexity index is 1020. The van der Waals surface area contributed by atoms with E-state index in [4.69, 9.17) is 16.6 Å². The van der Waals surface area contributed by atoms with Gasteiger partial charge >= 0.3 is 0 Å². The van der Waals surface area contributed by atoms with Crippen molar-refractivity contribution in [2.45, 2.75) is 18.2 Å². The minimum atomic E-state index is 0.0692. The summed E-state index contributed by atoms with van der Waals surface area (Å²) in [5, 5.41) is 4.87. The zero-order chi connectivity index (χ0) is 21.6. The topological polar surface area (TPSA) is 48.5 Å². The zero-order valence-electron chi connectivity index (χ0n) is 17.6. The molecule has 4 rings (SSSR count). The largest absolute Gasteiger partial charge is 0.354 e. The van der Waals surface area contributed by atoms with Gasteiger partial charge in [-0.15, -0.1) is 11.8 Å². The van der Waals surface area contributed by atoms with Crippen LogP contribution in [0.3, 0.4) is 0 Å². The van der Waals surface area contributed by atoms with Crippen LogP contribution in [0.5, 0.6) is 0 Å². The van der Waals surface area contributed by atoms with Crippen molar-refractivity contribution in [1.82, 2.24) is 15.2 Å². The number of carbonyl (C=O) groups excluding carboxylic acids is 1. The summed E-state index contributed by atoms with van der Waals surface area (Å²) in [6.45, 7) is 7.68. The van der Waals surface area contributed by atoms with Gasteiger partial charge in [0, 0.05) is 49.2 Å². The number of piperazine rings is 1. The summed E-state index contributed by atoms with van der Waals surface area (Å²) < 4.78 is 1.27. The molecule has 3 aromatic rings. The van der Waals surface area contributed by atoms with Gasteiger partial charge in [0.2, 0.25) is 5.91 Å². The lowest BCUT2D eigenvalue weighted by Crippen LogP contribution is -2.48. The van der Waals surface area contributed by atoms with Gasteiger partial charge in [-0.2, -0.15) is 0 Å². The third-order valence-corrected chi connectivity index (χ3v) is 7.79. The van der Waals surface area contributed by atoms with Gasteiger partial charge in [-0.05, 0) is 42.3 Å². The van der Waals surface area contributed by atoms with Crippen molar-refractivity contribution in [1.29, 1.82) is 0 Å². The predicted molar refractivity (Wildman–Crippen MR) is 133 cm³/mol. The number of thioether (sulfide) groups is 1. The number of para-hydroxylation sites is 1. The third kappa shape index (κ3) is 5.92. The van der Waals surface area contributed by atoms with E-state index in [9.17, 15) is 4.79 Å². The van der Waals surface area contributed by atoms with Crippen molar-refractivity contribution < 1.29 is 4.79 Å². The highest BCUT2D eigenvalue weighted by Gasteiger charge is 2.20. The summed E-state index contributed by atoms with van der Waals surface area (Å²) in [5.41, 5.74) is 2.48. The fourth-order valence-electron chi connectivity index (χ4n) is 3.66. The number of aryl methyl sites for hydroxylation is 1. The quantitative estimate of drug-likeness (QED) is 0.485. The second-order valence-corrected chi connectivity index (χ2v) is 10.0. The number of amides is 1. The standard InChI is InChI=1S/C23H27ClN4OS2/c1-2-17-4-3-5-20-22(17)26-23(31-20)28-14-12-27(13-15-28)11-10-25-21(29)16-30-19-8-6-18(24)7-9-19/h3-9H,2,10-16H2,1H3,(H,25,29). The maximum absolute atomic E-state index is 12.1. The highest BCUT2D eigenvalue weighted by molar-refractivity contribution is 8.00. The number of halogens is 1. The molecule has 0 radical (unpaired) electrons. The highest BCUT2D eigenvalue weighted by Crippen LogP contribution is 2.31. The van der Waals surface area contributed by atoms with E-state index in [0.29, 0.717) is 17.3 Å². The number of anilines is 1. The molecule has 8 heteroatoms. The van der Waals surface area contributed by atoms with Crippen LogP contribution in [0, 0.1) is 0 Å². The van der Waals surface area contributed by atoms with Gasteiger partial charge in [0.1, 0.15) is 0 Å². The smallest absolute Gasteiger partial charge is 0.230 e. The first-order valence-corrected chi connectivity index (χ1v) is 12.8. The molecule has 0 unspecified atom stereocenters. The summed E-state index contributed by atoms with van der Waals surface area (Å²) >= 11 is 9.21. The van der Waals surface area contributed by atoms with Crippen LogP contribution < -0.4 is 10.2 Å². The number of nitrogens with one attached hydrogen (secondary N) is 1. The first-order valence-electron chi connectivity index (χ1n) is 10.6. The second kappa shape index (κ2) is 10.7. The van der Waals surface area contributed by atoms with Gasteiger partial charge < -0.3 is 10.2 Å². The van der Waals surface area contributed by atoms with Crippen LogP contribution in [0.1, 0.15) is 12.5 Å². The minimum absolute atomic E-state index is 0.0692. The molecule has 31 heavy (non-hydrogen) atoms. The monoisotopic (exact) mass is 474 g/mol. The molecule has 1 aliphatic heterocycles. The molecule has 1 N–H and O–H groups in total. The van der Waals surface area contributed by atoms with Crippen LogP contribution in [-0.2, 0) is 11.2 Å². The fraction of sp³-hybridized carbons (Fsp3) is 0.391. The van der Waals surface area contributed by atoms with E-state index in [1.165, 1.54) is 22.0 Å². The van der Waals surface area contributed by atoms with E-state index in [1.54, 1.807) is 11.3 Å². The van der Waals surface area contributed by atoms with Crippen LogP contribution in [0.2, 0.25) is 5.02 Å². The molecule has 0 atom stereocenters. The first-order chi connectivity index (χ1) is 15.1. The lowest BCUT2D eigenvalue weighted by molar-refractivity contribution is -0.118. The molecule has 0 spiro atoms. The van der Waals surface area contributed by atoms with E-state index in [0.717, 1.165) is 54.7 Å². The summed E-state index contributed by atoms with van der Waals surface area (Å²) in [4.78, 5) is 22.9. The van der Waals surface area contributed by atoms with Gasteiger partial charge in [0.25, 0.3) is 0 Å². The molecule has 1 aliphatic rings. The zero-order valence-corrected chi connectivity index (χ0v) is 20.0. The summed E-state index contributed by atoms with van der Waals surface area (Å²) in [6.07, 6.45) is 1.01. The van der Waals surface area contributed by atoms with Gasteiger partial charge in [0.05, 0.1) is 16.0 Å².